The van der Waals surface area contributed by atoms with Crippen LogP contribution in [0.4, 0.5) is 0 Å². The third kappa shape index (κ3) is 8.09. The van der Waals surface area contributed by atoms with E-state index < -0.39 is 29.7 Å². The van der Waals surface area contributed by atoms with Crippen LogP contribution in [-0.2, 0) is 37.6 Å². The summed E-state index contributed by atoms with van der Waals surface area (Å²) in [7, 11) is 5.35. The molecule has 0 unspecified atom stereocenters. The van der Waals surface area contributed by atoms with E-state index in [0.717, 1.165) is 22.3 Å². The SMILES string of the molecule is CCc1ccccc1-c1nc(-c2ccc(C(=O)OC)cc2)c(-c2ccc(C(=O)OC)cc2)n1C1(c2ccccc2CC)N=C(c2ccc(C(=O)OC)cc2)C(c2ccc(C(=O)OC)cc2)=N1. The third-order valence-corrected chi connectivity index (χ3v) is 11.7. The van der Waals surface area contributed by atoms with E-state index in [2.05, 4.69) is 30.5 Å². The molecule has 0 saturated carbocycles. The fraction of sp³-hybridized carbons (Fsp3) is 0.167. The molecule has 7 aromatic rings. The highest BCUT2D eigenvalue weighted by Crippen LogP contribution is 2.48. The number of esters is 4. The van der Waals surface area contributed by atoms with Crippen LogP contribution in [0.25, 0.3) is 33.9 Å². The van der Waals surface area contributed by atoms with Gasteiger partial charge in [-0.15, -0.1) is 0 Å². The first-order valence-electron chi connectivity index (χ1n) is 21.3. The van der Waals surface area contributed by atoms with Crippen molar-refractivity contribution < 1.29 is 38.1 Å². The maximum atomic E-state index is 12.8. The molecule has 0 N–H and O–H groups in total. The lowest BCUT2D eigenvalue weighted by Crippen LogP contribution is -2.32. The minimum atomic E-state index is -1.62. The molecular formula is C54H46N4O8. The predicted molar refractivity (Wildman–Crippen MR) is 252 cm³/mol. The van der Waals surface area contributed by atoms with Crippen LogP contribution in [0, 0.1) is 0 Å². The molecule has 12 heteroatoms. The van der Waals surface area contributed by atoms with Gasteiger partial charge in [-0.05, 0) is 72.5 Å². The van der Waals surface area contributed by atoms with Crippen LogP contribution in [0.2, 0.25) is 0 Å². The molecule has 1 aliphatic rings. The Morgan fingerprint density at radius 1 is 0.470 bits per heavy atom. The van der Waals surface area contributed by atoms with Crippen molar-refractivity contribution in [3.63, 3.8) is 0 Å². The molecule has 6 aromatic carbocycles. The van der Waals surface area contributed by atoms with Crippen molar-refractivity contribution in [3.05, 3.63) is 196 Å². The van der Waals surface area contributed by atoms with E-state index in [-0.39, 0.29) is 0 Å². The summed E-state index contributed by atoms with van der Waals surface area (Å²) in [5.74, 6) is -3.01. The fourth-order valence-electron chi connectivity index (χ4n) is 8.29. The Bertz CT molecular complexity index is 2960. The molecule has 0 atom stereocenters. The van der Waals surface area contributed by atoms with Gasteiger partial charge >= 0.3 is 23.9 Å². The lowest BCUT2D eigenvalue weighted by Gasteiger charge is -2.31. The van der Waals surface area contributed by atoms with Crippen molar-refractivity contribution in [3.8, 4) is 33.9 Å². The quantitative estimate of drug-likeness (QED) is 0.0816. The molecule has 1 aliphatic heterocycles. The summed E-state index contributed by atoms with van der Waals surface area (Å²) in [6.07, 6.45) is 1.30. The second kappa shape index (κ2) is 18.8. The maximum Gasteiger partial charge on any atom is 0.337 e. The molecule has 2 heterocycles. The summed E-state index contributed by atoms with van der Waals surface area (Å²) in [4.78, 5) is 68.0. The molecule has 0 saturated heterocycles. The van der Waals surface area contributed by atoms with Gasteiger partial charge in [-0.2, -0.15) is 0 Å². The molecule has 0 fully saturated rings. The lowest BCUT2D eigenvalue weighted by molar-refractivity contribution is 0.0592. The van der Waals surface area contributed by atoms with Gasteiger partial charge in [0.2, 0.25) is 0 Å². The number of rotatable bonds is 13. The van der Waals surface area contributed by atoms with Crippen LogP contribution in [0.15, 0.2) is 156 Å². The van der Waals surface area contributed by atoms with Gasteiger partial charge in [0.15, 0.2) is 0 Å². The molecular weight excluding hydrogens is 833 g/mol. The topological polar surface area (TPSA) is 148 Å². The Hall–Kier alpha value is -8.25. The van der Waals surface area contributed by atoms with Gasteiger partial charge in [0.1, 0.15) is 5.82 Å². The van der Waals surface area contributed by atoms with Crippen molar-refractivity contribution >= 4 is 35.3 Å². The number of methoxy groups -OCH3 is 4. The van der Waals surface area contributed by atoms with Crippen LogP contribution in [0.5, 0.6) is 0 Å². The number of imidazole rings is 1. The zero-order valence-electron chi connectivity index (χ0n) is 37.3. The molecule has 0 radical (unpaired) electrons. The van der Waals surface area contributed by atoms with E-state index in [1.54, 1.807) is 48.5 Å². The summed E-state index contributed by atoms with van der Waals surface area (Å²) in [5.41, 5.74) is 9.88. The van der Waals surface area contributed by atoms with Crippen LogP contribution >= 0.6 is 0 Å². The van der Waals surface area contributed by atoms with Crippen molar-refractivity contribution in [2.45, 2.75) is 32.5 Å². The highest BCUT2D eigenvalue weighted by atomic mass is 16.5. The Labute approximate surface area is 382 Å². The smallest absolute Gasteiger partial charge is 0.337 e. The normalized spacial score (nSPS) is 12.8. The van der Waals surface area contributed by atoms with Gasteiger partial charge in [-0.3, -0.25) is 4.57 Å². The number of benzene rings is 6. The summed E-state index contributed by atoms with van der Waals surface area (Å²) in [6, 6.07) is 44.3. The van der Waals surface area contributed by atoms with E-state index in [4.69, 9.17) is 33.9 Å². The van der Waals surface area contributed by atoms with E-state index in [0.29, 0.717) is 86.0 Å². The fourth-order valence-corrected chi connectivity index (χ4v) is 8.29. The Balaban J connectivity index is 1.56. The van der Waals surface area contributed by atoms with E-state index >= 15 is 0 Å². The predicted octanol–water partition coefficient (Wildman–Crippen LogP) is 9.81. The standard InChI is InChI=1S/C54H46N4O8/c1-7-33-13-9-11-15-43(33)49-55-47(37-21-29-41(30-22-37)52(61)65-5)48(38-23-31-42(32-24-38)53(62)66-6)58(49)54(44-16-12-10-14-34(44)8-2)56-45(35-17-25-39(26-18-35)50(59)63-3)46(57-54)36-19-27-40(28-20-36)51(60)64-4/h9-32H,7-8H2,1-6H3. The first kappa shape index (κ1) is 44.4. The average molecular weight is 879 g/mol. The zero-order valence-corrected chi connectivity index (χ0v) is 37.3. The van der Waals surface area contributed by atoms with Gasteiger partial charge in [0.05, 0.1) is 73.5 Å². The highest BCUT2D eigenvalue weighted by Gasteiger charge is 2.46. The summed E-state index contributed by atoms with van der Waals surface area (Å²) in [5, 5.41) is 0. The van der Waals surface area contributed by atoms with Crippen LogP contribution in [0.1, 0.15) is 83.1 Å². The average Bonchev–Trinajstić information content (AvgIpc) is 3.99. The molecule has 0 bridgehead atoms. The van der Waals surface area contributed by atoms with Gasteiger partial charge in [-0.1, -0.05) is 111 Å². The van der Waals surface area contributed by atoms with Crippen molar-refractivity contribution in [2.24, 2.45) is 9.98 Å². The number of ether oxygens (including phenoxy) is 4. The molecule has 330 valence electrons. The highest BCUT2D eigenvalue weighted by molar-refractivity contribution is 6.54. The van der Waals surface area contributed by atoms with Crippen LogP contribution in [-0.4, -0.2) is 73.3 Å². The Morgan fingerprint density at radius 2 is 0.848 bits per heavy atom. The molecule has 0 spiro atoms. The summed E-state index contributed by atoms with van der Waals surface area (Å²) in [6.45, 7) is 4.17. The van der Waals surface area contributed by atoms with Gasteiger partial charge in [-0.25, -0.2) is 34.1 Å². The molecule has 1 aromatic heterocycles. The second-order valence-corrected chi connectivity index (χ2v) is 15.3. The molecule has 8 rings (SSSR count). The Morgan fingerprint density at radius 3 is 1.27 bits per heavy atom. The molecule has 0 amide bonds. The van der Waals surface area contributed by atoms with Crippen LogP contribution < -0.4 is 0 Å². The van der Waals surface area contributed by atoms with Gasteiger partial charge in [0.25, 0.3) is 5.79 Å². The molecule has 0 aliphatic carbocycles. The van der Waals surface area contributed by atoms with E-state index in [1.807, 2.05) is 84.9 Å². The molecule has 12 nitrogen and oxygen atoms in total. The van der Waals surface area contributed by atoms with Gasteiger partial charge in [0, 0.05) is 33.4 Å². The van der Waals surface area contributed by atoms with Crippen molar-refractivity contribution in [1.82, 2.24) is 9.55 Å². The maximum absolute atomic E-state index is 12.8. The van der Waals surface area contributed by atoms with Gasteiger partial charge < -0.3 is 18.9 Å². The number of carbonyl (C=O) groups excluding carboxylic acids is 4. The monoisotopic (exact) mass is 878 g/mol. The van der Waals surface area contributed by atoms with Crippen molar-refractivity contribution in [2.75, 3.05) is 28.4 Å². The Kier molecular flexibility index (Phi) is 12.7. The van der Waals surface area contributed by atoms with Crippen molar-refractivity contribution in [1.29, 1.82) is 0 Å². The largest absolute Gasteiger partial charge is 0.465 e. The minimum absolute atomic E-state index is 0.353. The minimum Gasteiger partial charge on any atom is -0.465 e. The number of aliphatic imine (C=N–C) groups is 2. The number of hydrogen-bond donors (Lipinski definition) is 0. The lowest BCUT2D eigenvalue weighted by atomic mass is 9.96. The first-order chi connectivity index (χ1) is 32.1. The number of nitrogens with zero attached hydrogens (tertiary/aromatic N) is 4. The van der Waals surface area contributed by atoms with Crippen LogP contribution in [0.3, 0.4) is 0 Å². The first-order valence-corrected chi connectivity index (χ1v) is 21.3. The summed E-state index contributed by atoms with van der Waals surface area (Å²) >= 11 is 0. The third-order valence-electron chi connectivity index (χ3n) is 11.7. The number of aromatic nitrogens is 2. The zero-order chi connectivity index (χ0) is 46.5. The van der Waals surface area contributed by atoms with E-state index in [9.17, 15) is 19.2 Å². The van der Waals surface area contributed by atoms with E-state index in [1.165, 1.54) is 28.4 Å². The number of hydrogen-bond acceptors (Lipinski definition) is 11. The molecule has 66 heavy (non-hydrogen) atoms. The second-order valence-electron chi connectivity index (χ2n) is 15.3. The number of aryl methyl sites for hydroxylation is 2. The number of carbonyl (C=O) groups is 4. The summed E-state index contributed by atoms with van der Waals surface area (Å²) < 4.78 is 22.3.